The maximum atomic E-state index is 12.2. The second-order valence-electron chi connectivity index (χ2n) is 6.97. The zero-order chi connectivity index (χ0) is 21.1. The highest BCUT2D eigenvalue weighted by molar-refractivity contribution is 6.02. The Morgan fingerprint density at radius 1 is 1.00 bits per heavy atom. The highest BCUT2D eigenvalue weighted by Crippen LogP contribution is 2.33. The zero-order valence-corrected chi connectivity index (χ0v) is 16.7. The Hall–Kier alpha value is -3.54. The van der Waals surface area contributed by atoms with Crippen molar-refractivity contribution >= 4 is 11.9 Å². The number of nitrogens with two attached hydrogens (primary N) is 1. The van der Waals surface area contributed by atoms with E-state index in [-0.39, 0.29) is 11.7 Å². The van der Waals surface area contributed by atoms with Crippen LogP contribution in [0.15, 0.2) is 48.5 Å². The summed E-state index contributed by atoms with van der Waals surface area (Å²) in [5, 5.41) is 9.44. The summed E-state index contributed by atoms with van der Waals surface area (Å²) in [6.45, 7) is 5.88. The summed E-state index contributed by atoms with van der Waals surface area (Å²) in [6, 6.07) is 14.1. The first-order valence-corrected chi connectivity index (χ1v) is 9.34. The van der Waals surface area contributed by atoms with Crippen molar-refractivity contribution in [2.75, 3.05) is 0 Å². The Kier molecular flexibility index (Phi) is 5.73. The molecular weight excluding hydrogens is 368 g/mol. The maximum absolute atomic E-state index is 12.2. The average Bonchev–Trinajstić information content (AvgIpc) is 2.92. The standard InChI is InChI=1S/C23H24N2O4/c1-14-21(18-6-10-20(11-7-18)29-16(3)26)22(23(24)28)15(2)25(14)13-12-17-4-8-19(27)9-5-17/h4-11,27H,12-13H2,1-3H3,(H2,24,28). The van der Waals surface area contributed by atoms with Crippen LogP contribution in [0, 0.1) is 13.8 Å². The SMILES string of the molecule is CC(=O)Oc1ccc(-c2c(C(N)=O)c(C)n(CCc3ccc(O)cc3)c2C)cc1. The van der Waals surface area contributed by atoms with Gasteiger partial charge in [-0.25, -0.2) is 0 Å². The first-order chi connectivity index (χ1) is 13.8. The van der Waals surface area contributed by atoms with Crippen LogP contribution in [0.25, 0.3) is 11.1 Å². The van der Waals surface area contributed by atoms with E-state index in [2.05, 4.69) is 4.57 Å². The number of phenolic OH excluding ortho intramolecular Hbond substituents is 1. The molecule has 0 aliphatic carbocycles. The maximum Gasteiger partial charge on any atom is 0.308 e. The van der Waals surface area contributed by atoms with Gasteiger partial charge in [-0.1, -0.05) is 24.3 Å². The topological polar surface area (TPSA) is 94.5 Å². The molecule has 1 heterocycles. The molecule has 150 valence electrons. The molecule has 3 rings (SSSR count). The lowest BCUT2D eigenvalue weighted by molar-refractivity contribution is -0.131. The minimum atomic E-state index is -0.479. The Labute approximate surface area is 169 Å². The number of phenols is 1. The molecule has 0 saturated heterocycles. The van der Waals surface area contributed by atoms with Crippen LogP contribution in [0.3, 0.4) is 0 Å². The quantitative estimate of drug-likeness (QED) is 0.493. The highest BCUT2D eigenvalue weighted by atomic mass is 16.5. The highest BCUT2D eigenvalue weighted by Gasteiger charge is 2.22. The van der Waals surface area contributed by atoms with Gasteiger partial charge in [-0.2, -0.15) is 0 Å². The molecule has 0 spiro atoms. The van der Waals surface area contributed by atoms with Crippen molar-refractivity contribution in [3.8, 4) is 22.6 Å². The molecule has 0 aliphatic heterocycles. The van der Waals surface area contributed by atoms with Crippen molar-refractivity contribution in [3.05, 3.63) is 71.0 Å². The molecule has 0 radical (unpaired) electrons. The van der Waals surface area contributed by atoms with Crippen LogP contribution in [0.5, 0.6) is 11.5 Å². The lowest BCUT2D eigenvalue weighted by atomic mass is 10.00. The molecule has 3 N–H and O–H groups in total. The zero-order valence-electron chi connectivity index (χ0n) is 16.7. The van der Waals surface area contributed by atoms with Crippen molar-refractivity contribution in [1.82, 2.24) is 4.57 Å². The fourth-order valence-corrected chi connectivity index (χ4v) is 3.63. The summed E-state index contributed by atoms with van der Waals surface area (Å²) in [5.41, 5.74) is 10.7. The van der Waals surface area contributed by atoms with Crippen molar-refractivity contribution < 1.29 is 19.4 Å². The van der Waals surface area contributed by atoms with Crippen molar-refractivity contribution in [1.29, 1.82) is 0 Å². The Morgan fingerprint density at radius 2 is 1.62 bits per heavy atom. The molecule has 0 aliphatic rings. The fraction of sp³-hybridized carbons (Fsp3) is 0.217. The number of aromatic hydroxyl groups is 1. The summed E-state index contributed by atoms with van der Waals surface area (Å²) in [4.78, 5) is 23.3. The number of rotatable bonds is 6. The predicted octanol–water partition coefficient (Wildman–Crippen LogP) is 3.74. The summed E-state index contributed by atoms with van der Waals surface area (Å²) in [6.07, 6.45) is 0.750. The first-order valence-electron chi connectivity index (χ1n) is 9.34. The van der Waals surface area contributed by atoms with E-state index < -0.39 is 5.91 Å². The van der Waals surface area contributed by atoms with Crippen molar-refractivity contribution in [3.63, 3.8) is 0 Å². The smallest absolute Gasteiger partial charge is 0.308 e. The molecule has 1 amide bonds. The summed E-state index contributed by atoms with van der Waals surface area (Å²) >= 11 is 0. The van der Waals surface area contributed by atoms with E-state index in [9.17, 15) is 14.7 Å². The van der Waals surface area contributed by atoms with E-state index in [0.29, 0.717) is 17.9 Å². The molecule has 2 aromatic carbocycles. The van der Waals surface area contributed by atoms with Crippen LogP contribution in [0.1, 0.15) is 34.2 Å². The van der Waals surface area contributed by atoms with E-state index in [1.807, 2.05) is 38.1 Å². The lowest BCUT2D eigenvalue weighted by Crippen LogP contribution is -2.13. The van der Waals surface area contributed by atoms with Gasteiger partial charge in [0.25, 0.3) is 5.91 Å². The third kappa shape index (κ3) is 4.32. The van der Waals surface area contributed by atoms with Crippen molar-refractivity contribution in [2.24, 2.45) is 5.73 Å². The molecular formula is C23H24N2O4. The fourth-order valence-electron chi connectivity index (χ4n) is 3.63. The van der Waals surface area contributed by atoms with E-state index in [1.54, 1.807) is 24.3 Å². The van der Waals surface area contributed by atoms with Crippen LogP contribution < -0.4 is 10.5 Å². The summed E-state index contributed by atoms with van der Waals surface area (Å²) in [7, 11) is 0. The van der Waals surface area contributed by atoms with Gasteiger partial charge >= 0.3 is 5.97 Å². The van der Waals surface area contributed by atoms with Gasteiger partial charge in [0, 0.05) is 30.4 Å². The number of hydrogen-bond acceptors (Lipinski definition) is 4. The number of carbonyl (C=O) groups is 2. The molecule has 0 fully saturated rings. The Morgan fingerprint density at radius 3 is 2.17 bits per heavy atom. The van der Waals surface area contributed by atoms with Crippen LogP contribution in [-0.4, -0.2) is 21.6 Å². The van der Waals surface area contributed by atoms with Crippen LogP contribution in [-0.2, 0) is 17.8 Å². The Bertz CT molecular complexity index is 1050. The number of ether oxygens (including phenoxy) is 1. The Balaban J connectivity index is 1.96. The van der Waals surface area contributed by atoms with E-state index >= 15 is 0 Å². The number of amides is 1. The summed E-state index contributed by atoms with van der Waals surface area (Å²) in [5.74, 6) is -0.184. The third-order valence-corrected chi connectivity index (χ3v) is 4.99. The van der Waals surface area contributed by atoms with Gasteiger partial charge in [-0.15, -0.1) is 0 Å². The number of aryl methyl sites for hydroxylation is 1. The summed E-state index contributed by atoms with van der Waals surface area (Å²) < 4.78 is 7.17. The normalized spacial score (nSPS) is 10.7. The van der Waals surface area contributed by atoms with Crippen LogP contribution in [0.4, 0.5) is 0 Å². The molecule has 0 unspecified atom stereocenters. The lowest BCUT2D eigenvalue weighted by Gasteiger charge is -2.10. The van der Waals surface area contributed by atoms with E-state index in [4.69, 9.17) is 10.5 Å². The van der Waals surface area contributed by atoms with Gasteiger partial charge in [0.05, 0.1) is 5.56 Å². The van der Waals surface area contributed by atoms with Crippen molar-refractivity contribution in [2.45, 2.75) is 33.7 Å². The number of nitrogens with zero attached hydrogens (tertiary/aromatic N) is 1. The number of aromatic nitrogens is 1. The molecule has 29 heavy (non-hydrogen) atoms. The minimum Gasteiger partial charge on any atom is -0.508 e. The molecule has 6 heteroatoms. The number of benzene rings is 2. The molecule has 0 atom stereocenters. The van der Waals surface area contributed by atoms with Gasteiger partial charge < -0.3 is 20.1 Å². The van der Waals surface area contributed by atoms with Gasteiger partial charge in [-0.05, 0) is 55.7 Å². The van der Waals surface area contributed by atoms with E-state index in [0.717, 1.165) is 34.5 Å². The monoisotopic (exact) mass is 392 g/mol. The number of esters is 1. The third-order valence-electron chi connectivity index (χ3n) is 4.99. The first kappa shape index (κ1) is 20.2. The molecule has 1 aromatic heterocycles. The van der Waals surface area contributed by atoms with Gasteiger partial charge in [0.15, 0.2) is 0 Å². The minimum absolute atomic E-state index is 0.234. The van der Waals surface area contributed by atoms with Gasteiger partial charge in [0.2, 0.25) is 0 Å². The molecule has 3 aromatic rings. The molecule has 6 nitrogen and oxygen atoms in total. The number of hydrogen-bond donors (Lipinski definition) is 2. The van der Waals surface area contributed by atoms with Gasteiger partial charge in [-0.3, -0.25) is 9.59 Å². The molecule has 0 saturated carbocycles. The predicted molar refractivity (Wildman–Crippen MR) is 111 cm³/mol. The molecule has 0 bridgehead atoms. The number of carbonyl (C=O) groups excluding carboxylic acids is 2. The van der Waals surface area contributed by atoms with E-state index in [1.165, 1.54) is 6.92 Å². The van der Waals surface area contributed by atoms with Crippen LogP contribution >= 0.6 is 0 Å². The number of primary amides is 1. The van der Waals surface area contributed by atoms with Gasteiger partial charge in [0.1, 0.15) is 11.5 Å². The van der Waals surface area contributed by atoms with Crippen LogP contribution in [0.2, 0.25) is 0 Å². The second-order valence-corrected chi connectivity index (χ2v) is 6.97. The largest absolute Gasteiger partial charge is 0.508 e. The second kappa shape index (κ2) is 8.22. The average molecular weight is 392 g/mol.